The molecule has 0 aromatic carbocycles. The number of hydrogen-bond donors (Lipinski definition) is 2. The molecule has 2 fully saturated rings. The number of anilines is 1. The van der Waals surface area contributed by atoms with Gasteiger partial charge in [-0.3, -0.25) is 9.59 Å². The van der Waals surface area contributed by atoms with E-state index in [4.69, 9.17) is 0 Å². The van der Waals surface area contributed by atoms with Gasteiger partial charge in [0.15, 0.2) is 5.82 Å². The monoisotopic (exact) mass is 348 g/mol. The maximum absolute atomic E-state index is 12.3. The first-order valence-electron chi connectivity index (χ1n) is 9.33. The van der Waals surface area contributed by atoms with Gasteiger partial charge in [-0.2, -0.15) is 0 Å². The highest BCUT2D eigenvalue weighted by Gasteiger charge is 2.34. The molecule has 0 spiro atoms. The van der Waals surface area contributed by atoms with Gasteiger partial charge in [0.05, 0.1) is 12.0 Å². The first-order chi connectivity index (χ1) is 12.0. The average Bonchev–Trinajstić information content (AvgIpc) is 3.02. The van der Waals surface area contributed by atoms with Gasteiger partial charge in [-0.25, -0.2) is 4.98 Å². The molecule has 2 N–H and O–H groups in total. The van der Waals surface area contributed by atoms with Crippen LogP contribution in [0.15, 0.2) is 17.2 Å². The van der Waals surface area contributed by atoms with E-state index in [0.717, 1.165) is 38.5 Å². The molecule has 1 aliphatic carbocycles. The van der Waals surface area contributed by atoms with Crippen LogP contribution in [0.5, 0.6) is 0 Å². The predicted molar refractivity (Wildman–Crippen MR) is 95.6 cm³/mol. The molecule has 1 saturated carbocycles. The standard InChI is InChI=1S/C18H28N4O3/c1-2-21-12-9-19-16(17(21)24)22-10-5-14(6-11-22)20-15(23)13-18(25)7-3-4-8-18/h9,12,14,25H,2-8,10-11,13H2,1H3,(H,20,23). The van der Waals surface area contributed by atoms with Crippen LogP contribution in [0, 0.1) is 0 Å². The van der Waals surface area contributed by atoms with Gasteiger partial charge in [-0.1, -0.05) is 12.8 Å². The SMILES string of the molecule is CCn1ccnc(N2CCC(NC(=O)CC3(O)CCCC3)CC2)c1=O. The lowest BCUT2D eigenvalue weighted by atomic mass is 9.97. The van der Waals surface area contributed by atoms with Crippen molar-refractivity contribution in [3.63, 3.8) is 0 Å². The van der Waals surface area contributed by atoms with Gasteiger partial charge in [0, 0.05) is 38.1 Å². The molecule has 1 saturated heterocycles. The topological polar surface area (TPSA) is 87.5 Å². The molecule has 0 bridgehead atoms. The van der Waals surface area contributed by atoms with Crippen LogP contribution in [0.2, 0.25) is 0 Å². The number of nitrogens with zero attached hydrogens (tertiary/aromatic N) is 3. The number of aryl methyl sites for hydroxylation is 1. The highest BCUT2D eigenvalue weighted by molar-refractivity contribution is 5.77. The second-order valence-corrected chi connectivity index (χ2v) is 7.28. The van der Waals surface area contributed by atoms with Crippen molar-refractivity contribution in [2.45, 2.75) is 70.1 Å². The molecule has 3 rings (SSSR count). The summed E-state index contributed by atoms with van der Waals surface area (Å²) in [7, 11) is 0. The van der Waals surface area contributed by atoms with E-state index < -0.39 is 5.60 Å². The Kier molecular flexibility index (Phi) is 5.42. The second-order valence-electron chi connectivity index (χ2n) is 7.28. The summed E-state index contributed by atoms with van der Waals surface area (Å²) in [6.07, 6.45) is 8.59. The van der Waals surface area contributed by atoms with E-state index in [0.29, 0.717) is 25.5 Å². The molecular weight excluding hydrogens is 320 g/mol. The summed E-state index contributed by atoms with van der Waals surface area (Å²) in [6, 6.07) is 0.103. The van der Waals surface area contributed by atoms with Crippen LogP contribution in [-0.4, -0.2) is 45.3 Å². The number of hydrogen-bond acceptors (Lipinski definition) is 5. The van der Waals surface area contributed by atoms with E-state index in [9.17, 15) is 14.7 Å². The minimum absolute atomic E-state index is 0.0593. The summed E-state index contributed by atoms with van der Waals surface area (Å²) >= 11 is 0. The molecule has 1 amide bonds. The molecule has 0 unspecified atom stereocenters. The Bertz CT molecular complexity index is 659. The van der Waals surface area contributed by atoms with Gasteiger partial charge < -0.3 is 19.9 Å². The average molecular weight is 348 g/mol. The lowest BCUT2D eigenvalue weighted by Gasteiger charge is -2.33. The van der Waals surface area contributed by atoms with E-state index in [2.05, 4.69) is 10.3 Å². The summed E-state index contributed by atoms with van der Waals surface area (Å²) in [5.74, 6) is 0.434. The molecule has 0 atom stereocenters. The number of aliphatic hydroxyl groups is 1. The van der Waals surface area contributed by atoms with Gasteiger partial charge >= 0.3 is 0 Å². The predicted octanol–water partition coefficient (Wildman–Crippen LogP) is 1.04. The normalized spacial score (nSPS) is 20.6. The smallest absolute Gasteiger partial charge is 0.293 e. The Balaban J connectivity index is 1.52. The summed E-state index contributed by atoms with van der Waals surface area (Å²) in [4.78, 5) is 30.8. The first kappa shape index (κ1) is 17.9. The van der Waals surface area contributed by atoms with Crippen LogP contribution in [0.25, 0.3) is 0 Å². The Morgan fingerprint density at radius 1 is 1.36 bits per heavy atom. The largest absolute Gasteiger partial charge is 0.389 e. The fourth-order valence-electron chi connectivity index (χ4n) is 3.92. The van der Waals surface area contributed by atoms with Gasteiger partial charge in [-0.15, -0.1) is 0 Å². The van der Waals surface area contributed by atoms with E-state index in [1.807, 2.05) is 11.8 Å². The molecule has 138 valence electrons. The molecule has 1 aromatic heterocycles. The molecule has 2 aliphatic rings. The second kappa shape index (κ2) is 7.56. The van der Waals surface area contributed by atoms with E-state index in [1.165, 1.54) is 0 Å². The Morgan fingerprint density at radius 3 is 2.68 bits per heavy atom. The molecule has 7 heteroatoms. The van der Waals surface area contributed by atoms with Gasteiger partial charge in [-0.05, 0) is 32.6 Å². The Labute approximate surface area is 148 Å². The van der Waals surface area contributed by atoms with E-state index in [1.54, 1.807) is 17.0 Å². The maximum atomic E-state index is 12.3. The van der Waals surface area contributed by atoms with Gasteiger partial charge in [0.1, 0.15) is 0 Å². The highest BCUT2D eigenvalue weighted by Crippen LogP contribution is 2.32. The number of piperidine rings is 1. The van der Waals surface area contributed by atoms with Crippen LogP contribution in [0.4, 0.5) is 5.82 Å². The number of carbonyl (C=O) groups excluding carboxylic acids is 1. The lowest BCUT2D eigenvalue weighted by Crippen LogP contribution is -2.47. The van der Waals surface area contributed by atoms with Crippen molar-refractivity contribution in [3.05, 3.63) is 22.7 Å². The highest BCUT2D eigenvalue weighted by atomic mass is 16.3. The fraction of sp³-hybridized carbons (Fsp3) is 0.722. The van der Waals surface area contributed by atoms with Crippen LogP contribution in [0.1, 0.15) is 51.9 Å². The number of amides is 1. The molecular formula is C18H28N4O3. The third kappa shape index (κ3) is 4.21. The molecule has 2 heterocycles. The van der Waals surface area contributed by atoms with Crippen molar-refractivity contribution in [1.29, 1.82) is 0 Å². The molecule has 7 nitrogen and oxygen atoms in total. The number of nitrogens with one attached hydrogen (secondary N) is 1. The zero-order valence-corrected chi connectivity index (χ0v) is 14.9. The molecule has 25 heavy (non-hydrogen) atoms. The minimum Gasteiger partial charge on any atom is -0.389 e. The van der Waals surface area contributed by atoms with Crippen molar-refractivity contribution in [3.8, 4) is 0 Å². The summed E-state index contributed by atoms with van der Waals surface area (Å²) in [5, 5.41) is 13.4. The lowest BCUT2D eigenvalue weighted by molar-refractivity contribution is -0.126. The molecule has 1 aliphatic heterocycles. The van der Waals surface area contributed by atoms with Crippen LogP contribution in [-0.2, 0) is 11.3 Å². The number of carbonyl (C=O) groups is 1. The van der Waals surface area contributed by atoms with Crippen LogP contribution >= 0.6 is 0 Å². The van der Waals surface area contributed by atoms with Gasteiger partial charge in [0.2, 0.25) is 5.91 Å². The van der Waals surface area contributed by atoms with Crippen molar-refractivity contribution in [2.75, 3.05) is 18.0 Å². The van der Waals surface area contributed by atoms with Crippen molar-refractivity contribution < 1.29 is 9.90 Å². The van der Waals surface area contributed by atoms with E-state index >= 15 is 0 Å². The summed E-state index contributed by atoms with van der Waals surface area (Å²) < 4.78 is 1.65. The zero-order valence-electron chi connectivity index (χ0n) is 14.9. The third-order valence-corrected chi connectivity index (χ3v) is 5.42. The Hall–Kier alpha value is -1.89. The number of rotatable bonds is 5. The third-order valence-electron chi connectivity index (χ3n) is 5.42. The fourth-order valence-corrected chi connectivity index (χ4v) is 3.92. The zero-order chi connectivity index (χ0) is 17.9. The molecule has 0 radical (unpaired) electrons. The van der Waals surface area contributed by atoms with Gasteiger partial charge in [0.25, 0.3) is 5.56 Å². The van der Waals surface area contributed by atoms with Crippen molar-refractivity contribution >= 4 is 11.7 Å². The van der Waals surface area contributed by atoms with Crippen molar-refractivity contribution in [2.24, 2.45) is 0 Å². The maximum Gasteiger partial charge on any atom is 0.293 e. The minimum atomic E-state index is -0.802. The van der Waals surface area contributed by atoms with E-state index in [-0.39, 0.29) is 23.9 Å². The summed E-state index contributed by atoms with van der Waals surface area (Å²) in [5.41, 5.74) is -0.861. The Morgan fingerprint density at radius 2 is 2.04 bits per heavy atom. The summed E-state index contributed by atoms with van der Waals surface area (Å²) in [6.45, 7) is 3.96. The number of aromatic nitrogens is 2. The first-order valence-corrected chi connectivity index (χ1v) is 9.33. The van der Waals surface area contributed by atoms with Crippen molar-refractivity contribution in [1.82, 2.24) is 14.9 Å². The van der Waals surface area contributed by atoms with Crippen LogP contribution in [0.3, 0.4) is 0 Å². The van der Waals surface area contributed by atoms with Crippen LogP contribution < -0.4 is 15.8 Å². The molecule has 1 aromatic rings. The quantitative estimate of drug-likeness (QED) is 0.830.